The van der Waals surface area contributed by atoms with Gasteiger partial charge in [0.05, 0.1) is 12.5 Å². The molecule has 5 heteroatoms. The molecular weight excluding hydrogens is 324 g/mol. The zero-order chi connectivity index (χ0) is 16.3. The van der Waals surface area contributed by atoms with Crippen LogP contribution in [-0.2, 0) is 9.53 Å². The van der Waals surface area contributed by atoms with Crippen LogP contribution in [-0.4, -0.2) is 42.6 Å². The summed E-state index contributed by atoms with van der Waals surface area (Å²) in [6, 6.07) is 10.4. The molecular formula is C19H29ClN2O2. The van der Waals surface area contributed by atoms with Crippen LogP contribution in [0, 0.1) is 5.92 Å². The number of halogens is 1. The molecule has 4 nitrogen and oxygen atoms in total. The van der Waals surface area contributed by atoms with E-state index in [4.69, 9.17) is 10.5 Å². The van der Waals surface area contributed by atoms with Crippen molar-refractivity contribution in [2.75, 3.05) is 26.3 Å². The molecule has 2 aliphatic heterocycles. The van der Waals surface area contributed by atoms with Crippen molar-refractivity contribution in [2.24, 2.45) is 11.7 Å². The first-order valence-electron chi connectivity index (χ1n) is 8.83. The first-order chi connectivity index (χ1) is 11.1. The molecule has 0 saturated carbocycles. The Morgan fingerprint density at radius 1 is 1.29 bits per heavy atom. The Balaban J connectivity index is 0.00000208. The van der Waals surface area contributed by atoms with Crippen LogP contribution in [0.15, 0.2) is 30.3 Å². The van der Waals surface area contributed by atoms with Crippen molar-refractivity contribution >= 4 is 18.3 Å². The molecule has 3 rings (SSSR count). The van der Waals surface area contributed by atoms with Crippen LogP contribution in [0.5, 0.6) is 0 Å². The van der Waals surface area contributed by atoms with Gasteiger partial charge in [0.1, 0.15) is 0 Å². The Morgan fingerprint density at radius 2 is 1.96 bits per heavy atom. The Hall–Kier alpha value is -1.10. The first-order valence-corrected chi connectivity index (χ1v) is 8.83. The maximum atomic E-state index is 13.0. The fourth-order valence-corrected chi connectivity index (χ4v) is 3.84. The molecule has 0 unspecified atom stereocenters. The number of amides is 1. The number of nitrogens with zero attached hydrogens (tertiary/aromatic N) is 1. The van der Waals surface area contributed by atoms with Crippen LogP contribution in [0.2, 0.25) is 0 Å². The molecule has 2 atom stereocenters. The fraction of sp³-hybridized carbons (Fsp3) is 0.632. The quantitative estimate of drug-likeness (QED) is 0.909. The zero-order valence-electron chi connectivity index (χ0n) is 14.4. The summed E-state index contributed by atoms with van der Waals surface area (Å²) in [5, 5.41) is 0. The lowest BCUT2D eigenvalue weighted by Gasteiger charge is -2.41. The van der Waals surface area contributed by atoms with Gasteiger partial charge < -0.3 is 15.4 Å². The molecule has 2 N–H and O–H groups in total. The average molecular weight is 353 g/mol. The van der Waals surface area contributed by atoms with E-state index in [9.17, 15) is 4.79 Å². The van der Waals surface area contributed by atoms with Gasteiger partial charge in [-0.1, -0.05) is 37.3 Å². The third kappa shape index (κ3) is 4.11. The Labute approximate surface area is 151 Å². The summed E-state index contributed by atoms with van der Waals surface area (Å²) >= 11 is 0. The summed E-state index contributed by atoms with van der Waals surface area (Å²) in [5.74, 6) is 0.461. The summed E-state index contributed by atoms with van der Waals surface area (Å²) in [4.78, 5) is 15.1. The molecule has 1 aromatic rings. The summed E-state index contributed by atoms with van der Waals surface area (Å²) in [6.07, 6.45) is 3.70. The standard InChI is InChI=1S/C19H28N2O2.ClH/c1-2-19(20)9-11-21(12-10-19)18(22)17-14-23-13-8-16(17)15-6-4-3-5-7-15;/h3-7,16-17H,2,8-14,20H2,1H3;1H/t16-,17-;/m1./s1. The van der Waals surface area contributed by atoms with E-state index in [-0.39, 0.29) is 35.7 Å². The van der Waals surface area contributed by atoms with Crippen molar-refractivity contribution in [1.82, 2.24) is 4.90 Å². The molecule has 0 spiro atoms. The summed E-state index contributed by atoms with van der Waals surface area (Å²) in [6.45, 7) is 4.97. The highest BCUT2D eigenvalue weighted by atomic mass is 35.5. The first kappa shape index (κ1) is 19.2. The van der Waals surface area contributed by atoms with Gasteiger partial charge >= 0.3 is 0 Å². The van der Waals surface area contributed by atoms with Gasteiger partial charge in [0, 0.05) is 25.2 Å². The molecule has 2 aliphatic rings. The summed E-state index contributed by atoms with van der Waals surface area (Å²) < 4.78 is 5.64. The lowest BCUT2D eigenvalue weighted by atomic mass is 9.80. The highest BCUT2D eigenvalue weighted by Crippen LogP contribution is 2.34. The van der Waals surface area contributed by atoms with Gasteiger partial charge in [0.2, 0.25) is 5.91 Å². The molecule has 2 fully saturated rings. The predicted octanol–water partition coefficient (Wildman–Crippen LogP) is 2.96. The Bertz CT molecular complexity index is 529. The lowest BCUT2D eigenvalue weighted by molar-refractivity contribution is -0.142. The molecule has 24 heavy (non-hydrogen) atoms. The van der Waals surface area contributed by atoms with Gasteiger partial charge in [-0.25, -0.2) is 0 Å². The number of benzene rings is 1. The third-order valence-corrected chi connectivity index (χ3v) is 5.68. The number of carbonyl (C=O) groups is 1. The second kappa shape index (κ2) is 8.32. The van der Waals surface area contributed by atoms with E-state index in [0.29, 0.717) is 6.61 Å². The molecule has 0 aromatic heterocycles. The average Bonchev–Trinajstić information content (AvgIpc) is 2.62. The Morgan fingerprint density at radius 3 is 2.58 bits per heavy atom. The lowest BCUT2D eigenvalue weighted by Crippen LogP contribution is -2.53. The van der Waals surface area contributed by atoms with Crippen LogP contribution in [0.1, 0.15) is 44.1 Å². The second-order valence-corrected chi connectivity index (χ2v) is 7.03. The maximum absolute atomic E-state index is 13.0. The smallest absolute Gasteiger partial charge is 0.228 e. The van der Waals surface area contributed by atoms with Crippen LogP contribution in [0.3, 0.4) is 0 Å². The van der Waals surface area contributed by atoms with E-state index in [1.807, 2.05) is 11.0 Å². The molecule has 2 heterocycles. The number of carbonyl (C=O) groups excluding carboxylic acids is 1. The highest BCUT2D eigenvalue weighted by Gasteiger charge is 2.38. The van der Waals surface area contributed by atoms with Gasteiger partial charge in [-0.05, 0) is 37.2 Å². The molecule has 2 saturated heterocycles. The minimum absolute atomic E-state index is 0. The van der Waals surface area contributed by atoms with E-state index in [1.165, 1.54) is 5.56 Å². The number of likely N-dealkylation sites (tertiary alicyclic amines) is 1. The van der Waals surface area contributed by atoms with Gasteiger partial charge in [-0.2, -0.15) is 0 Å². The Kier molecular flexibility index (Phi) is 6.67. The zero-order valence-corrected chi connectivity index (χ0v) is 15.3. The van der Waals surface area contributed by atoms with Crippen LogP contribution >= 0.6 is 12.4 Å². The number of piperidine rings is 1. The monoisotopic (exact) mass is 352 g/mol. The van der Waals surface area contributed by atoms with Crippen LogP contribution < -0.4 is 5.73 Å². The topological polar surface area (TPSA) is 55.6 Å². The largest absolute Gasteiger partial charge is 0.381 e. The van der Waals surface area contributed by atoms with Crippen molar-refractivity contribution in [3.8, 4) is 0 Å². The molecule has 1 aromatic carbocycles. The highest BCUT2D eigenvalue weighted by molar-refractivity contribution is 5.85. The van der Waals surface area contributed by atoms with E-state index < -0.39 is 0 Å². The summed E-state index contributed by atoms with van der Waals surface area (Å²) in [5.41, 5.74) is 7.53. The van der Waals surface area contributed by atoms with Gasteiger partial charge in [-0.3, -0.25) is 4.79 Å². The fourth-order valence-electron chi connectivity index (χ4n) is 3.84. The van der Waals surface area contributed by atoms with Gasteiger partial charge in [-0.15, -0.1) is 12.4 Å². The van der Waals surface area contributed by atoms with Crippen molar-refractivity contribution in [3.63, 3.8) is 0 Å². The number of ether oxygens (including phenoxy) is 1. The predicted molar refractivity (Wildman–Crippen MR) is 98.4 cm³/mol. The SMILES string of the molecule is CCC1(N)CCN(C(=O)[C@@H]2COCC[C@@H]2c2ccccc2)CC1.Cl. The van der Waals surface area contributed by atoms with E-state index >= 15 is 0 Å². The van der Waals surface area contributed by atoms with E-state index in [2.05, 4.69) is 31.2 Å². The number of hydrogen-bond donors (Lipinski definition) is 1. The maximum Gasteiger partial charge on any atom is 0.228 e. The number of rotatable bonds is 3. The molecule has 1 amide bonds. The third-order valence-electron chi connectivity index (χ3n) is 5.68. The minimum atomic E-state index is -0.0846. The van der Waals surface area contributed by atoms with E-state index in [1.54, 1.807) is 0 Å². The van der Waals surface area contributed by atoms with Crippen molar-refractivity contribution < 1.29 is 9.53 Å². The molecule has 134 valence electrons. The van der Waals surface area contributed by atoms with Crippen LogP contribution in [0.25, 0.3) is 0 Å². The molecule has 0 bridgehead atoms. The van der Waals surface area contributed by atoms with Gasteiger partial charge in [0.15, 0.2) is 0 Å². The minimum Gasteiger partial charge on any atom is -0.381 e. The summed E-state index contributed by atoms with van der Waals surface area (Å²) in [7, 11) is 0. The van der Waals surface area contributed by atoms with Crippen molar-refractivity contribution in [3.05, 3.63) is 35.9 Å². The second-order valence-electron chi connectivity index (χ2n) is 7.03. The van der Waals surface area contributed by atoms with Crippen molar-refractivity contribution in [2.45, 2.75) is 44.1 Å². The van der Waals surface area contributed by atoms with E-state index in [0.717, 1.165) is 45.4 Å². The molecule has 0 aliphatic carbocycles. The van der Waals surface area contributed by atoms with Crippen molar-refractivity contribution in [1.29, 1.82) is 0 Å². The normalized spacial score (nSPS) is 26.5. The van der Waals surface area contributed by atoms with Crippen LogP contribution in [0.4, 0.5) is 0 Å². The number of hydrogen-bond acceptors (Lipinski definition) is 3. The van der Waals surface area contributed by atoms with Gasteiger partial charge in [0.25, 0.3) is 0 Å². The molecule has 0 radical (unpaired) electrons. The number of nitrogens with two attached hydrogens (primary N) is 1.